The van der Waals surface area contributed by atoms with Gasteiger partial charge in [0.25, 0.3) is 0 Å². The lowest BCUT2D eigenvalue weighted by Gasteiger charge is -2.20. The second-order valence-electron chi connectivity index (χ2n) is 4.57. The molecule has 12 heteroatoms. The topological polar surface area (TPSA) is 179 Å². The van der Waals surface area contributed by atoms with Gasteiger partial charge in [-0.2, -0.15) is 0 Å². The number of aryl methyl sites for hydroxylation is 1. The normalized spacial score (nSPS) is 14.8. The van der Waals surface area contributed by atoms with Gasteiger partial charge >= 0.3 is 5.69 Å². The van der Waals surface area contributed by atoms with Gasteiger partial charge in [-0.3, -0.25) is 10.1 Å². The minimum Gasteiger partial charge on any atom is -0.394 e. The first-order chi connectivity index (χ1) is 10.4. The predicted octanol–water partition coefficient (Wildman–Crippen LogP) is -0.549. The molecule has 11 nitrogen and oxygen atoms in total. The first-order valence-electron chi connectivity index (χ1n) is 6.17. The Morgan fingerprint density at radius 1 is 1.43 bits per heavy atom. The first kappa shape index (κ1) is 19.0. The van der Waals surface area contributed by atoms with Crippen molar-refractivity contribution in [3.05, 3.63) is 27.8 Å². The Labute approximate surface area is 135 Å². The number of nitrogens with one attached hydrogen (secondary N) is 1. The molecule has 0 aliphatic heterocycles. The average molecular weight is 351 g/mol. The number of H-pyrrole nitrogens is 1. The number of hydrogen-bond donors (Lipinski definition) is 5. The Hall–Kier alpha value is -2.05. The fourth-order valence-corrected chi connectivity index (χ4v) is 1.85. The van der Waals surface area contributed by atoms with Crippen molar-refractivity contribution in [2.24, 2.45) is 0 Å². The molecule has 3 atom stereocenters. The van der Waals surface area contributed by atoms with Crippen LogP contribution in [0.1, 0.15) is 17.6 Å². The van der Waals surface area contributed by atoms with Gasteiger partial charge in [-0.15, -0.1) is 12.4 Å². The van der Waals surface area contributed by atoms with Crippen LogP contribution in [0.15, 0.2) is 10.7 Å². The number of imidazole rings is 1. The summed E-state index contributed by atoms with van der Waals surface area (Å²) in [5.41, 5.74) is -0.533. The summed E-state index contributed by atoms with van der Waals surface area (Å²) >= 11 is 0. The maximum absolute atomic E-state index is 11.0. The second-order valence-corrected chi connectivity index (χ2v) is 4.57. The molecule has 0 spiro atoms. The molecule has 2 aromatic heterocycles. The number of aromatic amines is 1. The molecule has 2 rings (SSSR count). The average Bonchev–Trinajstić information content (AvgIpc) is 3.10. The third-order valence-corrected chi connectivity index (χ3v) is 3.06. The SMILES string of the molecule is Cc1onc(-c2ncc([C@@H](O)[C@H](O)[C@H](O)CO)[nH]2)c1[N+](=O)[O-].Cl. The van der Waals surface area contributed by atoms with Gasteiger partial charge in [0, 0.05) is 6.92 Å². The zero-order valence-electron chi connectivity index (χ0n) is 11.8. The van der Waals surface area contributed by atoms with Crippen molar-refractivity contribution in [3.8, 4) is 11.5 Å². The summed E-state index contributed by atoms with van der Waals surface area (Å²) in [4.78, 5) is 16.7. The zero-order chi connectivity index (χ0) is 16.4. The Bertz CT molecular complexity index is 673. The van der Waals surface area contributed by atoms with E-state index in [0.717, 1.165) is 6.20 Å². The Balaban J connectivity index is 0.00000264. The third kappa shape index (κ3) is 3.65. The fraction of sp³-hybridized carbons (Fsp3) is 0.455. The van der Waals surface area contributed by atoms with Gasteiger partial charge in [0.2, 0.25) is 11.5 Å². The highest BCUT2D eigenvalue weighted by molar-refractivity contribution is 5.85. The molecule has 5 N–H and O–H groups in total. The molecular formula is C11H15ClN4O7. The van der Waals surface area contributed by atoms with E-state index < -0.39 is 29.8 Å². The van der Waals surface area contributed by atoms with Gasteiger partial charge in [-0.05, 0) is 0 Å². The Kier molecular flexibility index (Phi) is 6.18. The number of aliphatic hydroxyl groups is 4. The van der Waals surface area contributed by atoms with Gasteiger partial charge in [0.15, 0.2) is 5.82 Å². The van der Waals surface area contributed by atoms with Gasteiger partial charge < -0.3 is 29.9 Å². The number of aromatic nitrogens is 3. The molecule has 2 heterocycles. The zero-order valence-corrected chi connectivity index (χ0v) is 12.6. The number of nitrogens with zero attached hydrogens (tertiary/aromatic N) is 3. The summed E-state index contributed by atoms with van der Waals surface area (Å²) in [7, 11) is 0. The minimum atomic E-state index is -1.66. The number of rotatable bonds is 6. The molecule has 0 aliphatic carbocycles. The van der Waals surface area contributed by atoms with E-state index in [4.69, 9.17) is 9.63 Å². The summed E-state index contributed by atoms with van der Waals surface area (Å²) < 4.78 is 4.75. The van der Waals surface area contributed by atoms with Crippen LogP contribution < -0.4 is 0 Å². The van der Waals surface area contributed by atoms with Crippen molar-refractivity contribution < 1.29 is 29.9 Å². The van der Waals surface area contributed by atoms with Crippen LogP contribution in [0.25, 0.3) is 11.5 Å². The van der Waals surface area contributed by atoms with Crippen molar-refractivity contribution in [2.75, 3.05) is 6.61 Å². The smallest absolute Gasteiger partial charge is 0.342 e. The van der Waals surface area contributed by atoms with Crippen LogP contribution >= 0.6 is 12.4 Å². The number of aliphatic hydroxyl groups excluding tert-OH is 4. The predicted molar refractivity (Wildman–Crippen MR) is 76.8 cm³/mol. The minimum absolute atomic E-state index is 0. The molecule has 0 bridgehead atoms. The van der Waals surface area contributed by atoms with E-state index in [1.54, 1.807) is 0 Å². The van der Waals surface area contributed by atoms with Crippen molar-refractivity contribution in [2.45, 2.75) is 25.2 Å². The highest BCUT2D eigenvalue weighted by Gasteiger charge is 2.30. The fourth-order valence-electron chi connectivity index (χ4n) is 1.85. The van der Waals surface area contributed by atoms with Gasteiger partial charge in [0.1, 0.15) is 18.3 Å². The van der Waals surface area contributed by atoms with E-state index in [9.17, 15) is 25.4 Å². The molecular weight excluding hydrogens is 336 g/mol. The molecule has 0 aliphatic rings. The second kappa shape index (κ2) is 7.48. The van der Waals surface area contributed by atoms with E-state index in [2.05, 4.69) is 15.1 Å². The molecule has 128 valence electrons. The molecule has 0 aromatic carbocycles. The summed E-state index contributed by atoms with van der Waals surface area (Å²) in [5.74, 6) is -0.0440. The van der Waals surface area contributed by atoms with Crippen LogP contribution in [0.2, 0.25) is 0 Å². The molecule has 0 saturated heterocycles. The van der Waals surface area contributed by atoms with E-state index in [1.807, 2.05) is 0 Å². The third-order valence-electron chi connectivity index (χ3n) is 3.06. The number of halogens is 1. The quantitative estimate of drug-likeness (QED) is 0.337. The van der Waals surface area contributed by atoms with Crippen LogP contribution in [-0.4, -0.2) is 59.3 Å². The summed E-state index contributed by atoms with van der Waals surface area (Å²) in [6.45, 7) is 0.627. The summed E-state index contributed by atoms with van der Waals surface area (Å²) in [6.07, 6.45) is -3.66. The van der Waals surface area contributed by atoms with Gasteiger partial charge in [-0.25, -0.2) is 4.98 Å². The number of nitro groups is 1. The lowest BCUT2D eigenvalue weighted by Crippen LogP contribution is -2.34. The Morgan fingerprint density at radius 2 is 2.09 bits per heavy atom. The van der Waals surface area contributed by atoms with Crippen LogP contribution in [-0.2, 0) is 0 Å². The van der Waals surface area contributed by atoms with Gasteiger partial charge in [0.05, 0.1) is 23.4 Å². The molecule has 2 aromatic rings. The molecule has 0 saturated carbocycles. The Morgan fingerprint density at radius 3 is 2.65 bits per heavy atom. The highest BCUT2D eigenvalue weighted by atomic mass is 35.5. The first-order valence-corrected chi connectivity index (χ1v) is 6.17. The van der Waals surface area contributed by atoms with E-state index in [0.29, 0.717) is 0 Å². The largest absolute Gasteiger partial charge is 0.394 e. The van der Waals surface area contributed by atoms with E-state index in [1.165, 1.54) is 6.92 Å². The molecule has 0 unspecified atom stereocenters. The van der Waals surface area contributed by atoms with Crippen molar-refractivity contribution >= 4 is 18.1 Å². The maximum Gasteiger partial charge on any atom is 0.342 e. The van der Waals surface area contributed by atoms with Crippen LogP contribution in [0.4, 0.5) is 5.69 Å². The molecule has 0 amide bonds. The lowest BCUT2D eigenvalue weighted by atomic mass is 10.1. The summed E-state index contributed by atoms with van der Waals surface area (Å²) in [5, 5.41) is 52.0. The van der Waals surface area contributed by atoms with Crippen LogP contribution in [0, 0.1) is 17.0 Å². The lowest BCUT2D eigenvalue weighted by molar-refractivity contribution is -0.385. The van der Waals surface area contributed by atoms with Crippen LogP contribution in [0.5, 0.6) is 0 Å². The molecule has 0 radical (unpaired) electrons. The van der Waals surface area contributed by atoms with Gasteiger partial charge in [-0.1, -0.05) is 5.16 Å². The van der Waals surface area contributed by atoms with Crippen molar-refractivity contribution in [1.29, 1.82) is 0 Å². The molecule has 23 heavy (non-hydrogen) atoms. The highest BCUT2D eigenvalue weighted by Crippen LogP contribution is 2.30. The maximum atomic E-state index is 11.0. The van der Waals surface area contributed by atoms with Crippen LogP contribution in [0.3, 0.4) is 0 Å². The summed E-state index contributed by atoms with van der Waals surface area (Å²) in [6, 6.07) is 0. The molecule has 0 fully saturated rings. The number of hydrogen-bond acceptors (Lipinski definition) is 9. The van der Waals surface area contributed by atoms with E-state index in [-0.39, 0.29) is 41.1 Å². The standard InChI is InChI=1S/C11H14N4O7.ClH/c1-4-8(15(20)21)7(14-22-4)11-12-2-5(13-11)9(18)10(19)6(17)3-16;/h2,6,9-10,16-19H,3H2,1H3,(H,12,13);1H/t6-,9-,10-;/m1./s1. The van der Waals surface area contributed by atoms with Crippen molar-refractivity contribution in [1.82, 2.24) is 15.1 Å². The van der Waals surface area contributed by atoms with Crippen molar-refractivity contribution in [3.63, 3.8) is 0 Å². The van der Waals surface area contributed by atoms with E-state index >= 15 is 0 Å². The monoisotopic (exact) mass is 350 g/mol.